The van der Waals surface area contributed by atoms with Crippen LogP contribution in [0.2, 0.25) is 5.02 Å². The zero-order valence-electron chi connectivity index (χ0n) is 13.5. The van der Waals surface area contributed by atoms with Crippen molar-refractivity contribution >= 4 is 23.3 Å². The smallest absolute Gasteiger partial charge is 0.321 e. The fourth-order valence-electron chi connectivity index (χ4n) is 4.23. The van der Waals surface area contributed by atoms with Crippen molar-refractivity contribution < 1.29 is 4.79 Å². The van der Waals surface area contributed by atoms with Gasteiger partial charge in [-0.15, -0.1) is 0 Å². The first kappa shape index (κ1) is 15.5. The van der Waals surface area contributed by atoms with E-state index in [0.717, 1.165) is 18.8 Å². The predicted octanol–water partition coefficient (Wildman–Crippen LogP) is 5.00. The van der Waals surface area contributed by atoms with Gasteiger partial charge >= 0.3 is 6.03 Å². The van der Waals surface area contributed by atoms with E-state index < -0.39 is 0 Å². The Bertz CT molecular complexity index is 719. The molecule has 2 atom stereocenters. The second-order valence-corrected chi connectivity index (χ2v) is 7.38. The fraction of sp³-hybridized carbons (Fsp3) is 0.350. The lowest BCUT2D eigenvalue weighted by molar-refractivity contribution is 0.218. The predicted molar refractivity (Wildman–Crippen MR) is 97.4 cm³/mol. The zero-order chi connectivity index (χ0) is 16.5. The summed E-state index contributed by atoms with van der Waals surface area (Å²) < 4.78 is 0. The van der Waals surface area contributed by atoms with Gasteiger partial charge in [0.05, 0.1) is 0 Å². The minimum Gasteiger partial charge on any atom is -0.324 e. The van der Waals surface area contributed by atoms with Gasteiger partial charge in [-0.1, -0.05) is 48.0 Å². The number of nitrogens with one attached hydrogen (secondary N) is 1. The summed E-state index contributed by atoms with van der Waals surface area (Å²) in [5.74, 6) is 1.90. The van der Waals surface area contributed by atoms with Gasteiger partial charge in [-0.3, -0.25) is 0 Å². The minimum absolute atomic E-state index is 0.0112. The molecule has 0 radical (unpaired) electrons. The Balaban J connectivity index is 1.36. The number of hydrogen-bond acceptors (Lipinski definition) is 1. The summed E-state index contributed by atoms with van der Waals surface area (Å²) in [5, 5.41) is 3.60. The Labute approximate surface area is 147 Å². The lowest BCUT2D eigenvalue weighted by Crippen LogP contribution is -2.33. The number of likely N-dealkylation sites (tertiary alicyclic amines) is 1. The summed E-state index contributed by atoms with van der Waals surface area (Å²) in [6.45, 7) is 1.72. The van der Waals surface area contributed by atoms with E-state index in [1.165, 1.54) is 18.4 Å². The van der Waals surface area contributed by atoms with E-state index in [4.69, 9.17) is 11.6 Å². The number of amides is 2. The zero-order valence-corrected chi connectivity index (χ0v) is 14.2. The van der Waals surface area contributed by atoms with Crippen LogP contribution in [0.25, 0.3) is 0 Å². The first-order chi connectivity index (χ1) is 11.7. The average molecular weight is 341 g/mol. The molecule has 24 heavy (non-hydrogen) atoms. The third-order valence-corrected chi connectivity index (χ3v) is 5.62. The molecule has 1 N–H and O–H groups in total. The molecule has 0 spiro atoms. The van der Waals surface area contributed by atoms with Gasteiger partial charge in [0.25, 0.3) is 0 Å². The molecule has 2 aliphatic rings. The van der Waals surface area contributed by atoms with Crippen LogP contribution >= 0.6 is 11.6 Å². The monoisotopic (exact) mass is 340 g/mol. The molecule has 4 heteroatoms. The van der Waals surface area contributed by atoms with Crippen molar-refractivity contribution in [2.75, 3.05) is 18.4 Å². The second-order valence-electron chi connectivity index (χ2n) is 6.94. The molecular weight excluding hydrogens is 320 g/mol. The van der Waals surface area contributed by atoms with E-state index in [1.54, 1.807) is 12.1 Å². The standard InChI is InChI=1S/C20H21ClN2O/c21-18-7-4-8-19(11-18)22-20(24)23-12-16-9-15(10-17(16)13-23)14-5-2-1-3-6-14/h1-8,11,15-17H,9-10,12-13H2,(H,22,24). The lowest BCUT2D eigenvalue weighted by Gasteiger charge is -2.20. The summed E-state index contributed by atoms with van der Waals surface area (Å²) in [7, 11) is 0. The van der Waals surface area contributed by atoms with Crippen LogP contribution in [0.1, 0.15) is 24.3 Å². The van der Waals surface area contributed by atoms with Crippen LogP contribution in [0.4, 0.5) is 10.5 Å². The highest BCUT2D eigenvalue weighted by atomic mass is 35.5. The van der Waals surface area contributed by atoms with Gasteiger partial charge in [0.1, 0.15) is 0 Å². The normalized spacial score (nSPS) is 25.5. The van der Waals surface area contributed by atoms with Crippen molar-refractivity contribution in [3.05, 3.63) is 65.2 Å². The van der Waals surface area contributed by atoms with Crippen LogP contribution in [-0.2, 0) is 0 Å². The van der Waals surface area contributed by atoms with E-state index in [1.807, 2.05) is 17.0 Å². The van der Waals surface area contributed by atoms with E-state index >= 15 is 0 Å². The molecular formula is C20H21ClN2O. The third-order valence-electron chi connectivity index (χ3n) is 5.39. The van der Waals surface area contributed by atoms with Gasteiger partial charge in [-0.2, -0.15) is 0 Å². The lowest BCUT2D eigenvalue weighted by atomic mass is 9.96. The van der Waals surface area contributed by atoms with Crippen LogP contribution in [-0.4, -0.2) is 24.0 Å². The van der Waals surface area contributed by atoms with E-state index in [2.05, 4.69) is 35.6 Å². The minimum atomic E-state index is -0.0112. The molecule has 2 fully saturated rings. The number of carbonyl (C=O) groups excluding carboxylic acids is 1. The number of nitrogens with zero attached hydrogens (tertiary/aromatic N) is 1. The van der Waals surface area contributed by atoms with Gasteiger partial charge in [0.2, 0.25) is 0 Å². The Morgan fingerprint density at radius 1 is 1.00 bits per heavy atom. The summed E-state index contributed by atoms with van der Waals surface area (Å²) in [5.41, 5.74) is 2.20. The van der Waals surface area contributed by atoms with Gasteiger partial charge in [0.15, 0.2) is 0 Å². The van der Waals surface area contributed by atoms with E-state index in [-0.39, 0.29) is 6.03 Å². The number of rotatable bonds is 2. The van der Waals surface area contributed by atoms with Crippen molar-refractivity contribution in [3.63, 3.8) is 0 Å². The molecule has 0 bridgehead atoms. The Morgan fingerprint density at radius 3 is 2.38 bits per heavy atom. The molecule has 1 aliphatic carbocycles. The van der Waals surface area contributed by atoms with Gasteiger partial charge in [0, 0.05) is 23.8 Å². The molecule has 1 saturated heterocycles. The molecule has 1 saturated carbocycles. The topological polar surface area (TPSA) is 32.3 Å². The van der Waals surface area contributed by atoms with Crippen LogP contribution in [0.3, 0.4) is 0 Å². The molecule has 2 aromatic rings. The highest BCUT2D eigenvalue weighted by Gasteiger charge is 2.42. The van der Waals surface area contributed by atoms with Gasteiger partial charge in [-0.25, -0.2) is 4.79 Å². The molecule has 2 aromatic carbocycles. The van der Waals surface area contributed by atoms with Crippen molar-refractivity contribution in [2.45, 2.75) is 18.8 Å². The second kappa shape index (κ2) is 6.48. The molecule has 124 valence electrons. The number of hydrogen-bond donors (Lipinski definition) is 1. The Kier molecular flexibility index (Phi) is 4.19. The first-order valence-electron chi connectivity index (χ1n) is 8.55. The fourth-order valence-corrected chi connectivity index (χ4v) is 4.42. The highest BCUT2D eigenvalue weighted by molar-refractivity contribution is 6.30. The molecule has 3 nitrogen and oxygen atoms in total. The summed E-state index contributed by atoms with van der Waals surface area (Å²) in [4.78, 5) is 14.4. The molecule has 2 unspecified atom stereocenters. The van der Waals surface area contributed by atoms with Crippen LogP contribution in [0, 0.1) is 11.8 Å². The van der Waals surface area contributed by atoms with Gasteiger partial charge < -0.3 is 10.2 Å². The quantitative estimate of drug-likeness (QED) is 0.820. The van der Waals surface area contributed by atoms with Crippen LogP contribution < -0.4 is 5.32 Å². The van der Waals surface area contributed by atoms with Crippen molar-refractivity contribution in [2.24, 2.45) is 11.8 Å². The summed E-state index contributed by atoms with van der Waals surface area (Å²) in [6.07, 6.45) is 2.38. The Morgan fingerprint density at radius 2 is 1.71 bits per heavy atom. The number of halogens is 1. The van der Waals surface area contributed by atoms with Gasteiger partial charge in [-0.05, 0) is 54.4 Å². The summed E-state index contributed by atoms with van der Waals surface area (Å²) in [6, 6.07) is 18.1. The van der Waals surface area contributed by atoms with Crippen LogP contribution in [0.15, 0.2) is 54.6 Å². The first-order valence-corrected chi connectivity index (χ1v) is 8.93. The van der Waals surface area contributed by atoms with Crippen LogP contribution in [0.5, 0.6) is 0 Å². The maximum Gasteiger partial charge on any atom is 0.321 e. The number of anilines is 1. The number of fused-ring (bicyclic) bond motifs is 1. The Hall–Kier alpha value is -2.00. The molecule has 1 aliphatic heterocycles. The highest BCUT2D eigenvalue weighted by Crippen LogP contribution is 2.46. The third kappa shape index (κ3) is 3.13. The van der Waals surface area contributed by atoms with E-state index in [9.17, 15) is 4.79 Å². The largest absolute Gasteiger partial charge is 0.324 e. The maximum absolute atomic E-state index is 12.5. The van der Waals surface area contributed by atoms with Crippen molar-refractivity contribution in [3.8, 4) is 0 Å². The number of carbonyl (C=O) groups is 1. The van der Waals surface area contributed by atoms with Crippen molar-refractivity contribution in [1.82, 2.24) is 4.90 Å². The number of urea groups is 1. The SMILES string of the molecule is O=C(Nc1cccc(Cl)c1)N1CC2CC(c3ccccc3)CC2C1. The maximum atomic E-state index is 12.5. The molecule has 1 heterocycles. The average Bonchev–Trinajstić information content (AvgIpc) is 3.14. The summed E-state index contributed by atoms with van der Waals surface area (Å²) >= 11 is 5.98. The van der Waals surface area contributed by atoms with Crippen molar-refractivity contribution in [1.29, 1.82) is 0 Å². The molecule has 0 aromatic heterocycles. The molecule has 2 amide bonds. The van der Waals surface area contributed by atoms with E-state index in [0.29, 0.717) is 22.8 Å². The number of benzene rings is 2. The molecule has 4 rings (SSSR count).